The molecule has 188 valence electrons. The third kappa shape index (κ3) is 4.90. The van der Waals surface area contributed by atoms with E-state index < -0.39 is 0 Å². The number of carbonyl (C=O) groups is 1. The number of aryl methyl sites for hydroxylation is 2. The molecule has 1 unspecified atom stereocenters. The second-order valence-electron chi connectivity index (χ2n) is 9.11. The number of imidazole rings is 1. The Labute approximate surface area is 214 Å². The van der Waals surface area contributed by atoms with E-state index in [2.05, 4.69) is 14.5 Å². The number of nitrogens with two attached hydrogens (primary N) is 1. The van der Waals surface area contributed by atoms with Crippen molar-refractivity contribution in [2.75, 3.05) is 25.9 Å². The maximum Gasteiger partial charge on any atom is 0.219 e. The van der Waals surface area contributed by atoms with Gasteiger partial charge >= 0.3 is 0 Å². The number of nitrogen functional groups attached to an aromatic ring is 1. The molecule has 9 nitrogen and oxygen atoms in total. The zero-order valence-electron chi connectivity index (χ0n) is 20.7. The Bertz CT molecular complexity index is 1400. The van der Waals surface area contributed by atoms with Crippen LogP contribution in [0.2, 0.25) is 0 Å². The van der Waals surface area contributed by atoms with E-state index in [1.54, 1.807) is 14.0 Å². The molecule has 0 aliphatic carbocycles. The normalized spacial score (nSPS) is 16.0. The average Bonchev–Trinajstić information content (AvgIpc) is 3.46. The number of methoxy groups -OCH3 is 1. The first-order chi connectivity index (χ1) is 17.4. The number of carbonyl (C=O) groups excluding carboxylic acids is 1. The van der Waals surface area contributed by atoms with E-state index in [9.17, 15) is 4.79 Å². The molecule has 1 aliphatic rings. The van der Waals surface area contributed by atoms with Gasteiger partial charge in [-0.15, -0.1) is 0 Å². The fraction of sp³-hybridized carbons (Fsp3) is 0.385. The molecule has 0 saturated carbocycles. The molecular formula is C26H30N6O3S. The molecule has 1 fully saturated rings. The molecule has 1 saturated heterocycles. The predicted molar refractivity (Wildman–Crippen MR) is 139 cm³/mol. The lowest BCUT2D eigenvalue weighted by molar-refractivity contribution is -0.130. The minimum Gasteiger partial charge on any atom is -0.497 e. The van der Waals surface area contributed by atoms with Gasteiger partial charge < -0.3 is 24.4 Å². The summed E-state index contributed by atoms with van der Waals surface area (Å²) in [5, 5.41) is 0.772. The number of fused-ring (bicyclic) bond motifs is 1. The van der Waals surface area contributed by atoms with Crippen molar-refractivity contribution in [2.24, 2.45) is 5.92 Å². The highest BCUT2D eigenvalue weighted by atomic mass is 32.2. The molecule has 1 aliphatic heterocycles. The van der Waals surface area contributed by atoms with Crippen LogP contribution in [-0.4, -0.2) is 50.5 Å². The number of rotatable bonds is 7. The van der Waals surface area contributed by atoms with Crippen LogP contribution in [0.3, 0.4) is 0 Å². The smallest absolute Gasteiger partial charge is 0.219 e. The van der Waals surface area contributed by atoms with Crippen molar-refractivity contribution < 1.29 is 13.9 Å². The van der Waals surface area contributed by atoms with E-state index >= 15 is 0 Å². The number of hydrogen-bond acceptors (Lipinski definition) is 8. The highest BCUT2D eigenvalue weighted by Gasteiger charge is 2.24. The first kappa shape index (κ1) is 24.2. The number of anilines is 1. The molecule has 10 heteroatoms. The second-order valence-corrected chi connectivity index (χ2v) is 10.1. The van der Waals surface area contributed by atoms with Gasteiger partial charge in [0.1, 0.15) is 23.6 Å². The number of hydrogen-bond donors (Lipinski definition) is 1. The highest BCUT2D eigenvalue weighted by Crippen LogP contribution is 2.40. The minimum atomic E-state index is 0.142. The Kier molecular flexibility index (Phi) is 6.86. The van der Waals surface area contributed by atoms with Gasteiger partial charge in [0.25, 0.3) is 0 Å². The molecule has 1 atom stereocenters. The van der Waals surface area contributed by atoms with Gasteiger partial charge in [-0.3, -0.25) is 4.79 Å². The fourth-order valence-corrected chi connectivity index (χ4v) is 5.78. The van der Waals surface area contributed by atoms with Crippen LogP contribution < -0.4 is 10.5 Å². The molecular weight excluding hydrogens is 476 g/mol. The average molecular weight is 507 g/mol. The van der Waals surface area contributed by atoms with Crippen LogP contribution in [0, 0.1) is 12.8 Å². The predicted octanol–water partition coefficient (Wildman–Crippen LogP) is 4.79. The topological polar surface area (TPSA) is 112 Å². The summed E-state index contributed by atoms with van der Waals surface area (Å²) in [4.78, 5) is 28.3. The van der Waals surface area contributed by atoms with Gasteiger partial charge in [0.2, 0.25) is 5.91 Å². The zero-order chi connectivity index (χ0) is 25.2. The van der Waals surface area contributed by atoms with E-state index in [4.69, 9.17) is 19.9 Å². The maximum atomic E-state index is 11.9. The van der Waals surface area contributed by atoms with Gasteiger partial charge in [-0.2, -0.15) is 0 Å². The maximum absolute atomic E-state index is 11.9. The SMILES string of the molecule is COc1ccc(-c2ccc(C)o2)c(Sc2nc3c(N)ncnc3n2CCC2CCCN(C(C)=O)C2)c1. The largest absolute Gasteiger partial charge is 0.497 e. The first-order valence-electron chi connectivity index (χ1n) is 12.1. The number of benzene rings is 1. The van der Waals surface area contributed by atoms with Crippen molar-refractivity contribution in [1.29, 1.82) is 0 Å². The Hall–Kier alpha value is -3.53. The van der Waals surface area contributed by atoms with Gasteiger partial charge in [-0.1, -0.05) is 11.8 Å². The van der Waals surface area contributed by atoms with Crippen LogP contribution in [-0.2, 0) is 11.3 Å². The molecule has 1 amide bonds. The second kappa shape index (κ2) is 10.2. The summed E-state index contributed by atoms with van der Waals surface area (Å²) in [5.41, 5.74) is 8.43. The number of likely N-dealkylation sites (tertiary alicyclic amines) is 1. The minimum absolute atomic E-state index is 0.142. The van der Waals surface area contributed by atoms with Crippen LogP contribution in [0.5, 0.6) is 5.75 Å². The summed E-state index contributed by atoms with van der Waals surface area (Å²) >= 11 is 1.52. The van der Waals surface area contributed by atoms with Crippen molar-refractivity contribution in [2.45, 2.75) is 49.7 Å². The van der Waals surface area contributed by atoms with E-state index in [-0.39, 0.29) is 5.91 Å². The van der Waals surface area contributed by atoms with Crippen LogP contribution in [0.25, 0.3) is 22.5 Å². The van der Waals surface area contributed by atoms with E-state index in [1.807, 2.05) is 42.2 Å². The highest BCUT2D eigenvalue weighted by molar-refractivity contribution is 7.99. The van der Waals surface area contributed by atoms with Crippen molar-refractivity contribution in [3.63, 3.8) is 0 Å². The van der Waals surface area contributed by atoms with Crippen LogP contribution in [0.15, 0.2) is 51.1 Å². The van der Waals surface area contributed by atoms with Crippen molar-refractivity contribution >= 4 is 34.7 Å². The van der Waals surface area contributed by atoms with E-state index in [0.29, 0.717) is 29.4 Å². The molecule has 0 spiro atoms. The standard InChI is InChI=1S/C26H30N6O3S/c1-16-6-9-21(35-16)20-8-7-19(34-3)13-22(20)36-26-30-23-24(27)28-15-29-25(23)32(26)12-10-18-5-4-11-31(14-18)17(2)33/h6-9,13,15,18H,4-5,10-12,14H2,1-3H3,(H2,27,28,29). The lowest BCUT2D eigenvalue weighted by Crippen LogP contribution is -2.38. The number of furan rings is 1. The van der Waals surface area contributed by atoms with Gasteiger partial charge in [0, 0.05) is 37.0 Å². The van der Waals surface area contributed by atoms with E-state index in [0.717, 1.165) is 65.2 Å². The molecule has 2 N–H and O–H groups in total. The third-order valence-electron chi connectivity index (χ3n) is 6.65. The van der Waals surface area contributed by atoms with Crippen LogP contribution in [0.1, 0.15) is 31.9 Å². The number of aromatic nitrogens is 4. The Morgan fingerprint density at radius 3 is 2.89 bits per heavy atom. The molecule has 5 rings (SSSR count). The van der Waals surface area contributed by atoms with Gasteiger partial charge in [-0.05, 0) is 62.4 Å². The summed E-state index contributed by atoms with van der Waals surface area (Å²) in [6, 6.07) is 9.83. The first-order valence-corrected chi connectivity index (χ1v) is 12.9. The molecule has 1 aromatic carbocycles. The third-order valence-corrected chi connectivity index (χ3v) is 7.70. The molecule has 4 aromatic rings. The van der Waals surface area contributed by atoms with Gasteiger partial charge in [0.15, 0.2) is 22.1 Å². The lowest BCUT2D eigenvalue weighted by atomic mass is 9.95. The molecule has 36 heavy (non-hydrogen) atoms. The summed E-state index contributed by atoms with van der Waals surface area (Å²) in [7, 11) is 1.65. The van der Waals surface area contributed by atoms with Crippen LogP contribution in [0.4, 0.5) is 5.82 Å². The number of amides is 1. The monoisotopic (exact) mass is 506 g/mol. The van der Waals surface area contributed by atoms with Gasteiger partial charge in [0.05, 0.1) is 7.11 Å². The fourth-order valence-electron chi connectivity index (χ4n) is 4.71. The molecule has 3 aromatic heterocycles. The number of ether oxygens (including phenoxy) is 1. The molecule has 0 radical (unpaired) electrons. The Balaban J connectivity index is 1.50. The lowest BCUT2D eigenvalue weighted by Gasteiger charge is -2.32. The summed E-state index contributed by atoms with van der Waals surface area (Å²) < 4.78 is 13.5. The van der Waals surface area contributed by atoms with Crippen molar-refractivity contribution in [3.8, 4) is 17.1 Å². The summed E-state index contributed by atoms with van der Waals surface area (Å²) in [6.45, 7) is 5.92. The zero-order valence-corrected chi connectivity index (χ0v) is 21.5. The van der Waals surface area contributed by atoms with Crippen molar-refractivity contribution in [3.05, 3.63) is 42.4 Å². The van der Waals surface area contributed by atoms with Crippen LogP contribution >= 0.6 is 11.8 Å². The molecule has 0 bridgehead atoms. The summed E-state index contributed by atoms with van der Waals surface area (Å²) in [6.07, 6.45) is 4.52. The quantitative estimate of drug-likeness (QED) is 0.381. The van der Waals surface area contributed by atoms with Gasteiger partial charge in [-0.25, -0.2) is 15.0 Å². The number of nitrogens with zero attached hydrogens (tertiary/aromatic N) is 5. The van der Waals surface area contributed by atoms with Crippen molar-refractivity contribution in [1.82, 2.24) is 24.4 Å². The Morgan fingerprint density at radius 2 is 2.14 bits per heavy atom. The Morgan fingerprint density at radius 1 is 1.28 bits per heavy atom. The molecule has 4 heterocycles. The summed E-state index contributed by atoms with van der Waals surface area (Å²) in [5.74, 6) is 3.30. The number of piperidine rings is 1. The van der Waals surface area contributed by atoms with E-state index in [1.165, 1.54) is 18.1 Å².